The highest BCUT2D eigenvalue weighted by Crippen LogP contribution is 2.17. The lowest BCUT2D eigenvalue weighted by Gasteiger charge is -2.00. The van der Waals surface area contributed by atoms with Crippen LogP contribution in [0.3, 0.4) is 0 Å². The zero-order valence-corrected chi connectivity index (χ0v) is 7.72. The lowest BCUT2D eigenvalue weighted by Crippen LogP contribution is -1.96. The molecule has 2 aromatic rings. The molecular formula is C10H4F4N2. The fraction of sp³-hybridized carbons (Fsp3) is 0. The van der Waals surface area contributed by atoms with Gasteiger partial charge in [0.2, 0.25) is 11.9 Å². The SMILES string of the molecule is Fc1ccc(-c2ccc(F)c(F)n2)nc1F. The van der Waals surface area contributed by atoms with Gasteiger partial charge in [0.1, 0.15) is 0 Å². The summed E-state index contributed by atoms with van der Waals surface area (Å²) < 4.78 is 50.7. The van der Waals surface area contributed by atoms with E-state index in [9.17, 15) is 17.6 Å². The Balaban J connectivity index is 2.50. The monoisotopic (exact) mass is 228 g/mol. The van der Waals surface area contributed by atoms with Gasteiger partial charge in [-0.25, -0.2) is 18.7 Å². The molecule has 0 bridgehead atoms. The molecule has 0 fully saturated rings. The van der Waals surface area contributed by atoms with E-state index in [1.54, 1.807) is 0 Å². The average molecular weight is 228 g/mol. The Hall–Kier alpha value is -1.98. The molecule has 2 aromatic heterocycles. The molecule has 0 aromatic carbocycles. The highest BCUT2D eigenvalue weighted by Gasteiger charge is 2.10. The lowest BCUT2D eigenvalue weighted by atomic mass is 10.2. The molecule has 0 aliphatic carbocycles. The molecule has 2 rings (SSSR count). The van der Waals surface area contributed by atoms with Crippen molar-refractivity contribution in [2.75, 3.05) is 0 Å². The normalized spacial score (nSPS) is 10.5. The standard InChI is InChI=1S/C10H4F4N2/c11-5-1-3-7(15-9(5)13)8-4-2-6(12)10(14)16-8/h1-4H. The van der Waals surface area contributed by atoms with Crippen molar-refractivity contribution in [3.63, 3.8) is 0 Å². The number of hydrogen-bond acceptors (Lipinski definition) is 2. The van der Waals surface area contributed by atoms with Crippen molar-refractivity contribution in [3.05, 3.63) is 47.8 Å². The van der Waals surface area contributed by atoms with Crippen molar-refractivity contribution in [3.8, 4) is 11.4 Å². The van der Waals surface area contributed by atoms with Crippen LogP contribution >= 0.6 is 0 Å². The molecule has 0 unspecified atom stereocenters. The number of nitrogens with zero attached hydrogens (tertiary/aromatic N) is 2. The van der Waals surface area contributed by atoms with E-state index >= 15 is 0 Å². The molecule has 6 heteroatoms. The third kappa shape index (κ3) is 1.86. The van der Waals surface area contributed by atoms with Crippen LogP contribution in [-0.2, 0) is 0 Å². The highest BCUT2D eigenvalue weighted by atomic mass is 19.2. The van der Waals surface area contributed by atoms with Crippen LogP contribution in [-0.4, -0.2) is 9.97 Å². The maximum atomic E-state index is 12.8. The molecule has 0 aliphatic rings. The summed E-state index contributed by atoms with van der Waals surface area (Å²) in [6.45, 7) is 0. The van der Waals surface area contributed by atoms with E-state index in [4.69, 9.17) is 0 Å². The fourth-order valence-electron chi connectivity index (χ4n) is 1.12. The van der Waals surface area contributed by atoms with E-state index in [0.29, 0.717) is 0 Å². The van der Waals surface area contributed by atoms with Gasteiger partial charge in [0.15, 0.2) is 11.6 Å². The Morgan fingerprint density at radius 3 is 1.31 bits per heavy atom. The zero-order chi connectivity index (χ0) is 11.7. The first-order valence-electron chi connectivity index (χ1n) is 4.22. The van der Waals surface area contributed by atoms with Gasteiger partial charge in [0.05, 0.1) is 11.4 Å². The molecule has 2 nitrogen and oxygen atoms in total. The van der Waals surface area contributed by atoms with Crippen molar-refractivity contribution in [1.29, 1.82) is 0 Å². The van der Waals surface area contributed by atoms with Crippen LogP contribution in [0.4, 0.5) is 17.6 Å². The van der Waals surface area contributed by atoms with Crippen molar-refractivity contribution in [2.45, 2.75) is 0 Å². The third-order valence-corrected chi connectivity index (χ3v) is 1.87. The largest absolute Gasteiger partial charge is 0.249 e. The second-order valence-corrected chi connectivity index (χ2v) is 2.94. The fourth-order valence-corrected chi connectivity index (χ4v) is 1.12. The maximum Gasteiger partial charge on any atom is 0.249 e. The highest BCUT2D eigenvalue weighted by molar-refractivity contribution is 5.53. The van der Waals surface area contributed by atoms with Crippen LogP contribution in [0.25, 0.3) is 11.4 Å². The molecule has 0 aliphatic heterocycles. The summed E-state index contributed by atoms with van der Waals surface area (Å²) in [6, 6.07) is 3.91. The molecule has 16 heavy (non-hydrogen) atoms. The van der Waals surface area contributed by atoms with Crippen LogP contribution in [0.15, 0.2) is 24.3 Å². The molecule has 0 atom stereocenters. The number of aromatic nitrogens is 2. The summed E-state index contributed by atoms with van der Waals surface area (Å²) in [6.07, 6.45) is 0. The number of pyridine rings is 2. The second kappa shape index (κ2) is 3.88. The van der Waals surface area contributed by atoms with Gasteiger partial charge in [-0.3, -0.25) is 0 Å². The Bertz CT molecular complexity index is 493. The van der Waals surface area contributed by atoms with E-state index in [1.807, 2.05) is 0 Å². The number of hydrogen-bond donors (Lipinski definition) is 0. The van der Waals surface area contributed by atoms with Crippen LogP contribution in [0.1, 0.15) is 0 Å². The quantitative estimate of drug-likeness (QED) is 0.554. The molecule has 0 radical (unpaired) electrons. The number of halogens is 4. The predicted octanol–water partition coefficient (Wildman–Crippen LogP) is 2.70. The molecule has 0 amide bonds. The van der Waals surface area contributed by atoms with Gasteiger partial charge in [-0.15, -0.1) is 0 Å². The van der Waals surface area contributed by atoms with E-state index in [-0.39, 0.29) is 11.4 Å². The number of rotatable bonds is 1. The molecule has 0 spiro atoms. The smallest absolute Gasteiger partial charge is 0.215 e. The summed E-state index contributed by atoms with van der Waals surface area (Å²) in [4.78, 5) is 6.44. The summed E-state index contributed by atoms with van der Waals surface area (Å²) in [7, 11) is 0. The molecule has 2 heterocycles. The first kappa shape index (κ1) is 10.5. The maximum absolute atomic E-state index is 12.8. The van der Waals surface area contributed by atoms with Gasteiger partial charge >= 0.3 is 0 Å². The van der Waals surface area contributed by atoms with Crippen LogP contribution in [0.2, 0.25) is 0 Å². The van der Waals surface area contributed by atoms with Gasteiger partial charge in [0.25, 0.3) is 0 Å². The predicted molar refractivity (Wildman–Crippen MR) is 47.3 cm³/mol. The van der Waals surface area contributed by atoms with E-state index < -0.39 is 23.5 Å². The minimum Gasteiger partial charge on any atom is -0.215 e. The van der Waals surface area contributed by atoms with Crippen molar-refractivity contribution in [2.24, 2.45) is 0 Å². The molecular weight excluding hydrogens is 224 g/mol. The Morgan fingerprint density at radius 2 is 1.00 bits per heavy atom. The average Bonchev–Trinajstić information content (AvgIpc) is 2.26. The molecule has 0 saturated carbocycles. The van der Waals surface area contributed by atoms with Crippen LogP contribution < -0.4 is 0 Å². The lowest BCUT2D eigenvalue weighted by molar-refractivity contribution is 0.476. The molecule has 0 N–H and O–H groups in total. The van der Waals surface area contributed by atoms with Gasteiger partial charge < -0.3 is 0 Å². The zero-order valence-electron chi connectivity index (χ0n) is 7.72. The molecule has 82 valence electrons. The van der Waals surface area contributed by atoms with Crippen molar-refractivity contribution in [1.82, 2.24) is 9.97 Å². The van der Waals surface area contributed by atoms with Gasteiger partial charge in [0, 0.05) is 0 Å². The minimum absolute atomic E-state index is 0.0715. The van der Waals surface area contributed by atoms with Crippen molar-refractivity contribution >= 4 is 0 Å². The Morgan fingerprint density at radius 1 is 0.625 bits per heavy atom. The Labute approximate surface area is 87.6 Å². The van der Waals surface area contributed by atoms with E-state index in [1.165, 1.54) is 0 Å². The van der Waals surface area contributed by atoms with Crippen LogP contribution in [0.5, 0.6) is 0 Å². The first-order valence-corrected chi connectivity index (χ1v) is 4.22. The van der Waals surface area contributed by atoms with E-state index in [0.717, 1.165) is 24.3 Å². The van der Waals surface area contributed by atoms with Crippen molar-refractivity contribution < 1.29 is 17.6 Å². The van der Waals surface area contributed by atoms with E-state index in [2.05, 4.69) is 9.97 Å². The topological polar surface area (TPSA) is 25.8 Å². The summed E-state index contributed by atoms with van der Waals surface area (Å²) >= 11 is 0. The minimum atomic E-state index is -1.32. The summed E-state index contributed by atoms with van der Waals surface area (Å²) in [5.74, 6) is -4.87. The second-order valence-electron chi connectivity index (χ2n) is 2.94. The Kier molecular flexibility index (Phi) is 2.55. The van der Waals surface area contributed by atoms with Gasteiger partial charge in [-0.05, 0) is 24.3 Å². The van der Waals surface area contributed by atoms with Crippen LogP contribution in [0, 0.1) is 23.5 Å². The summed E-state index contributed by atoms with van der Waals surface area (Å²) in [5.41, 5.74) is -0.143. The third-order valence-electron chi connectivity index (χ3n) is 1.87. The van der Waals surface area contributed by atoms with Gasteiger partial charge in [-0.2, -0.15) is 8.78 Å². The van der Waals surface area contributed by atoms with Gasteiger partial charge in [-0.1, -0.05) is 0 Å². The first-order chi connectivity index (χ1) is 7.58. The molecule has 0 saturated heterocycles. The summed E-state index contributed by atoms with van der Waals surface area (Å²) in [5, 5.41) is 0.